The summed E-state index contributed by atoms with van der Waals surface area (Å²) in [6, 6.07) is 14.3. The van der Waals surface area contributed by atoms with Crippen LogP contribution in [0.4, 0.5) is 0 Å². The van der Waals surface area contributed by atoms with Crippen LogP contribution in [-0.2, 0) is 0 Å². The summed E-state index contributed by atoms with van der Waals surface area (Å²) in [6.45, 7) is 0. The van der Waals surface area contributed by atoms with Crippen molar-refractivity contribution in [2.24, 2.45) is 0 Å². The summed E-state index contributed by atoms with van der Waals surface area (Å²) in [5.41, 5.74) is 0.915. The molecule has 0 unspecified atom stereocenters. The van der Waals surface area contributed by atoms with Gasteiger partial charge in [-0.2, -0.15) is 0 Å². The first kappa shape index (κ1) is 10.9. The van der Waals surface area contributed by atoms with Gasteiger partial charge in [-0.05, 0) is 27.6 Å². The average Bonchev–Trinajstić information content (AvgIpc) is 2.44. The summed E-state index contributed by atoms with van der Waals surface area (Å²) in [7, 11) is 0. The predicted molar refractivity (Wildman–Crippen MR) is 67.5 cm³/mol. The lowest BCUT2D eigenvalue weighted by Crippen LogP contribution is -2.00. The van der Waals surface area contributed by atoms with Gasteiger partial charge in [-0.3, -0.25) is 4.79 Å². The first-order valence-corrected chi connectivity index (χ1v) is 5.56. The zero-order valence-electron chi connectivity index (χ0n) is 8.35. The maximum atomic E-state index is 11.9. The van der Waals surface area contributed by atoms with Crippen molar-refractivity contribution in [3.8, 4) is 16.9 Å². The molecule has 0 saturated heterocycles. The van der Waals surface area contributed by atoms with E-state index < -0.39 is 0 Å². The molecule has 2 rings (SSSR count). The molecule has 3 heteroatoms. The number of benzene rings is 1. The molecule has 0 atom stereocenters. The third-order valence-electron chi connectivity index (χ3n) is 2.28. The normalized spacial score (nSPS) is 10.1. The standard InChI is InChI=1S/C13H9BrO2/c14-11-8-4-7-10(12(15)13(11)16)9-5-2-1-3-6-9/h1-8H,(H,15,16). The molecule has 0 bridgehead atoms. The fraction of sp³-hybridized carbons (Fsp3) is 0. The Hall–Kier alpha value is -1.61. The molecular weight excluding hydrogens is 268 g/mol. The Bertz CT molecular complexity index is 565. The lowest BCUT2D eigenvalue weighted by Gasteiger charge is -1.96. The Kier molecular flexibility index (Phi) is 3.06. The summed E-state index contributed by atoms with van der Waals surface area (Å²) in [6.07, 6.45) is 0. The zero-order valence-corrected chi connectivity index (χ0v) is 9.94. The van der Waals surface area contributed by atoms with Crippen molar-refractivity contribution in [3.05, 3.63) is 63.2 Å². The Balaban J connectivity index is 2.74. The van der Waals surface area contributed by atoms with Crippen LogP contribution >= 0.6 is 15.9 Å². The van der Waals surface area contributed by atoms with Crippen molar-refractivity contribution in [3.63, 3.8) is 0 Å². The topological polar surface area (TPSA) is 37.3 Å². The van der Waals surface area contributed by atoms with Crippen molar-refractivity contribution >= 4 is 15.9 Å². The first-order chi connectivity index (χ1) is 7.70. The average molecular weight is 277 g/mol. The highest BCUT2D eigenvalue weighted by molar-refractivity contribution is 9.10. The van der Waals surface area contributed by atoms with Crippen LogP contribution in [0.1, 0.15) is 0 Å². The van der Waals surface area contributed by atoms with Crippen LogP contribution in [0.15, 0.2) is 57.8 Å². The van der Waals surface area contributed by atoms with Gasteiger partial charge in [0.1, 0.15) is 0 Å². The van der Waals surface area contributed by atoms with Crippen molar-refractivity contribution < 1.29 is 5.11 Å². The van der Waals surface area contributed by atoms with Crippen molar-refractivity contribution in [1.82, 2.24) is 0 Å². The van der Waals surface area contributed by atoms with Gasteiger partial charge in [0.25, 0.3) is 0 Å². The minimum atomic E-state index is -0.372. The van der Waals surface area contributed by atoms with Crippen molar-refractivity contribution in [2.45, 2.75) is 0 Å². The zero-order chi connectivity index (χ0) is 11.5. The quantitative estimate of drug-likeness (QED) is 0.869. The van der Waals surface area contributed by atoms with Crippen molar-refractivity contribution in [1.29, 1.82) is 0 Å². The third kappa shape index (κ3) is 1.99. The third-order valence-corrected chi connectivity index (χ3v) is 2.92. The molecule has 0 spiro atoms. The number of hydrogen-bond acceptors (Lipinski definition) is 2. The van der Waals surface area contributed by atoms with E-state index in [4.69, 9.17) is 0 Å². The highest BCUT2D eigenvalue weighted by Crippen LogP contribution is 2.22. The fourth-order valence-corrected chi connectivity index (χ4v) is 1.80. The molecule has 0 aliphatic rings. The molecule has 0 radical (unpaired) electrons. The molecule has 0 saturated carbocycles. The summed E-state index contributed by atoms with van der Waals surface area (Å²) in [5, 5.41) is 9.65. The second-order valence-electron chi connectivity index (χ2n) is 3.33. The maximum absolute atomic E-state index is 11.9. The lowest BCUT2D eigenvalue weighted by atomic mass is 10.1. The van der Waals surface area contributed by atoms with Gasteiger partial charge < -0.3 is 5.11 Å². The second-order valence-corrected chi connectivity index (χ2v) is 4.19. The number of halogens is 1. The van der Waals surface area contributed by atoms with Gasteiger partial charge >= 0.3 is 0 Å². The fourth-order valence-electron chi connectivity index (χ4n) is 1.46. The van der Waals surface area contributed by atoms with Crippen LogP contribution in [0, 0.1) is 0 Å². The van der Waals surface area contributed by atoms with Crippen LogP contribution in [-0.4, -0.2) is 5.11 Å². The smallest absolute Gasteiger partial charge is 0.229 e. The molecule has 2 nitrogen and oxygen atoms in total. The van der Waals surface area contributed by atoms with Crippen molar-refractivity contribution in [2.75, 3.05) is 0 Å². The van der Waals surface area contributed by atoms with Crippen LogP contribution in [0.5, 0.6) is 5.75 Å². The van der Waals surface area contributed by atoms with Crippen LogP contribution in [0.2, 0.25) is 0 Å². The molecule has 0 heterocycles. The van der Waals surface area contributed by atoms with Gasteiger partial charge in [0.05, 0.1) is 4.47 Å². The van der Waals surface area contributed by atoms with E-state index >= 15 is 0 Å². The van der Waals surface area contributed by atoms with Gasteiger partial charge in [0.15, 0.2) is 5.75 Å². The van der Waals surface area contributed by atoms with Gasteiger partial charge in [0, 0.05) is 5.56 Å². The largest absolute Gasteiger partial charge is 0.503 e. The van der Waals surface area contributed by atoms with Gasteiger partial charge in [-0.25, -0.2) is 0 Å². The lowest BCUT2D eigenvalue weighted by molar-refractivity contribution is 0.468. The van der Waals surface area contributed by atoms with E-state index in [1.54, 1.807) is 18.2 Å². The summed E-state index contributed by atoms with van der Waals surface area (Å²) >= 11 is 3.13. The van der Waals surface area contributed by atoms with E-state index in [9.17, 15) is 9.90 Å². The molecule has 80 valence electrons. The number of hydrogen-bond donors (Lipinski definition) is 1. The summed E-state index contributed by atoms with van der Waals surface area (Å²) in [5.74, 6) is -0.260. The Morgan fingerprint density at radius 1 is 0.938 bits per heavy atom. The minimum absolute atomic E-state index is 0.260. The molecule has 2 aromatic rings. The Morgan fingerprint density at radius 3 is 2.31 bits per heavy atom. The molecular formula is C13H9BrO2. The maximum Gasteiger partial charge on any atom is 0.229 e. The molecule has 0 aliphatic heterocycles. The molecule has 0 amide bonds. The predicted octanol–water partition coefficient (Wildman–Crippen LogP) is 3.18. The van der Waals surface area contributed by atoms with E-state index in [1.807, 2.05) is 30.3 Å². The van der Waals surface area contributed by atoms with E-state index in [0.29, 0.717) is 10.0 Å². The second kappa shape index (κ2) is 4.49. The Morgan fingerprint density at radius 2 is 1.62 bits per heavy atom. The molecule has 0 aliphatic carbocycles. The van der Waals surface area contributed by atoms with E-state index in [-0.39, 0.29) is 11.2 Å². The number of rotatable bonds is 1. The molecule has 1 N–H and O–H groups in total. The molecule has 2 aromatic carbocycles. The van der Waals surface area contributed by atoms with E-state index in [1.165, 1.54) is 0 Å². The molecule has 0 fully saturated rings. The van der Waals surface area contributed by atoms with Gasteiger partial charge in [-0.15, -0.1) is 0 Å². The summed E-state index contributed by atoms with van der Waals surface area (Å²) < 4.78 is 0.402. The highest BCUT2D eigenvalue weighted by Gasteiger charge is 2.07. The first-order valence-electron chi connectivity index (χ1n) is 4.77. The minimum Gasteiger partial charge on any atom is -0.503 e. The van der Waals surface area contributed by atoms with Gasteiger partial charge in [-0.1, -0.05) is 42.5 Å². The number of aromatic hydroxyl groups is 1. The van der Waals surface area contributed by atoms with E-state index in [2.05, 4.69) is 15.9 Å². The Labute approximate surface area is 101 Å². The monoisotopic (exact) mass is 276 g/mol. The van der Waals surface area contributed by atoms with Crippen LogP contribution < -0.4 is 5.43 Å². The summed E-state index contributed by atoms with van der Waals surface area (Å²) in [4.78, 5) is 11.9. The van der Waals surface area contributed by atoms with E-state index in [0.717, 1.165) is 5.56 Å². The van der Waals surface area contributed by atoms with Crippen LogP contribution in [0.3, 0.4) is 0 Å². The molecule has 0 aromatic heterocycles. The highest BCUT2D eigenvalue weighted by atomic mass is 79.9. The SMILES string of the molecule is O=c1c(-c2ccccc2)cccc(Br)c1O. The molecule has 16 heavy (non-hydrogen) atoms. The van der Waals surface area contributed by atoms with Crippen LogP contribution in [0.25, 0.3) is 11.1 Å². The van der Waals surface area contributed by atoms with Gasteiger partial charge in [0.2, 0.25) is 5.43 Å².